The van der Waals surface area contributed by atoms with E-state index in [1.54, 1.807) is 0 Å². The average molecular weight is 150 g/mol. The molecule has 0 spiro atoms. The van der Waals surface area contributed by atoms with Crippen LogP contribution in [0.3, 0.4) is 0 Å². The molecule has 0 N–H and O–H groups in total. The first-order chi connectivity index (χ1) is 1.41. The molecule has 4 heavy (non-hydrogen) atoms. The molecule has 0 aromatic heterocycles. The molecule has 0 atom stereocenters. The van der Waals surface area contributed by atoms with E-state index >= 15 is 0 Å². The van der Waals surface area contributed by atoms with Crippen LogP contribution < -0.4 is 0 Å². The molecule has 0 aliphatic heterocycles. The van der Waals surface area contributed by atoms with E-state index in [0.717, 1.165) is 6.42 Å². The van der Waals surface area contributed by atoms with Gasteiger partial charge in [-0.05, 0) is 0 Å². The third-order valence-electron chi connectivity index (χ3n) is 0. The SMILES string of the molecule is [CH2-]CC.[Pd+2]. The molecule has 0 heterocycles. The van der Waals surface area contributed by atoms with Crippen molar-refractivity contribution in [2.75, 3.05) is 0 Å². The van der Waals surface area contributed by atoms with E-state index in [4.69, 9.17) is 0 Å². The van der Waals surface area contributed by atoms with Gasteiger partial charge in [0.15, 0.2) is 0 Å². The molecule has 0 fully saturated rings. The van der Waals surface area contributed by atoms with Gasteiger partial charge < -0.3 is 6.92 Å². The van der Waals surface area contributed by atoms with Crippen LogP contribution in [0.15, 0.2) is 0 Å². The van der Waals surface area contributed by atoms with Crippen molar-refractivity contribution in [1.29, 1.82) is 0 Å². The van der Waals surface area contributed by atoms with Gasteiger partial charge >= 0.3 is 20.4 Å². The first-order valence-electron chi connectivity index (χ1n) is 1.21. The summed E-state index contributed by atoms with van der Waals surface area (Å²) in [7, 11) is 0. The fraction of sp³-hybridized carbons (Fsp3) is 0.667. The van der Waals surface area contributed by atoms with Crippen molar-refractivity contribution < 1.29 is 20.4 Å². The van der Waals surface area contributed by atoms with Gasteiger partial charge in [-0.2, -0.15) is 6.42 Å². The van der Waals surface area contributed by atoms with E-state index in [-0.39, 0.29) is 20.4 Å². The molecule has 0 aromatic rings. The smallest absolute Gasteiger partial charge is 0.344 e. The van der Waals surface area contributed by atoms with Crippen molar-refractivity contribution in [3.63, 3.8) is 0 Å². The molecule has 28 valence electrons. The van der Waals surface area contributed by atoms with Gasteiger partial charge in [0.1, 0.15) is 0 Å². The van der Waals surface area contributed by atoms with Gasteiger partial charge in [0, 0.05) is 0 Å². The first kappa shape index (κ1) is 8.82. The van der Waals surface area contributed by atoms with Gasteiger partial charge in [-0.15, -0.1) is 0 Å². The van der Waals surface area contributed by atoms with Gasteiger partial charge in [0.25, 0.3) is 0 Å². The second-order valence-electron chi connectivity index (χ2n) is 0.500. The van der Waals surface area contributed by atoms with Crippen LogP contribution in [0.5, 0.6) is 0 Å². The third kappa shape index (κ3) is 16.8. The van der Waals surface area contributed by atoms with Crippen LogP contribution in [0, 0.1) is 6.92 Å². The maximum absolute atomic E-state index is 3.49. The van der Waals surface area contributed by atoms with Gasteiger partial charge in [0.05, 0.1) is 0 Å². The maximum atomic E-state index is 3.49. The Morgan fingerprint density at radius 2 is 1.75 bits per heavy atom. The predicted molar refractivity (Wildman–Crippen MR) is 15.6 cm³/mol. The molecule has 0 bridgehead atoms. The van der Waals surface area contributed by atoms with Crippen LogP contribution in [-0.4, -0.2) is 0 Å². The van der Waals surface area contributed by atoms with Crippen LogP contribution >= 0.6 is 0 Å². The normalized spacial score (nSPS) is 4.50. The fourth-order valence-electron chi connectivity index (χ4n) is 0. The van der Waals surface area contributed by atoms with Crippen molar-refractivity contribution >= 4 is 0 Å². The van der Waals surface area contributed by atoms with Crippen molar-refractivity contribution in [2.45, 2.75) is 13.3 Å². The second-order valence-corrected chi connectivity index (χ2v) is 0.500. The van der Waals surface area contributed by atoms with Crippen molar-refractivity contribution in [1.82, 2.24) is 0 Å². The summed E-state index contributed by atoms with van der Waals surface area (Å²) in [5.41, 5.74) is 0. The molecule has 0 nitrogen and oxygen atoms in total. The van der Waals surface area contributed by atoms with Crippen molar-refractivity contribution in [3.05, 3.63) is 6.92 Å². The number of rotatable bonds is 0. The van der Waals surface area contributed by atoms with E-state index in [9.17, 15) is 0 Å². The number of hydrogen-bond acceptors (Lipinski definition) is 0. The molecule has 0 aromatic carbocycles. The Morgan fingerprint density at radius 3 is 1.75 bits per heavy atom. The number of hydrogen-bond donors (Lipinski definition) is 0. The maximum Gasteiger partial charge on any atom is 2.00 e. The van der Waals surface area contributed by atoms with Gasteiger partial charge in [-0.3, -0.25) is 0 Å². The van der Waals surface area contributed by atoms with Crippen LogP contribution in [0.25, 0.3) is 0 Å². The molecule has 0 unspecified atom stereocenters. The molecule has 0 radical (unpaired) electrons. The van der Waals surface area contributed by atoms with E-state index in [1.165, 1.54) is 0 Å². The minimum atomic E-state index is 0. The Bertz CT molecular complexity index is 3.25. The third-order valence-corrected chi connectivity index (χ3v) is 0. The van der Waals surface area contributed by atoms with Crippen LogP contribution in [0.1, 0.15) is 13.3 Å². The molecule has 0 rings (SSSR count). The van der Waals surface area contributed by atoms with Gasteiger partial charge in [-0.25, -0.2) is 0 Å². The van der Waals surface area contributed by atoms with E-state index in [0.29, 0.717) is 0 Å². The molecule has 1 heteroatoms. The minimum Gasteiger partial charge on any atom is -0.344 e. The summed E-state index contributed by atoms with van der Waals surface area (Å²) in [6.07, 6.45) is 1.00. The Balaban J connectivity index is 0. The summed E-state index contributed by atoms with van der Waals surface area (Å²) in [6, 6.07) is 0. The zero-order valence-electron chi connectivity index (χ0n) is 2.73. The van der Waals surface area contributed by atoms with Crippen LogP contribution in [0.4, 0.5) is 0 Å². The van der Waals surface area contributed by atoms with Gasteiger partial charge in [0.2, 0.25) is 0 Å². The molecule has 0 saturated carbocycles. The summed E-state index contributed by atoms with van der Waals surface area (Å²) in [5.74, 6) is 0. The molecule has 0 saturated heterocycles. The zero-order valence-corrected chi connectivity index (χ0v) is 4.29. The fourth-order valence-corrected chi connectivity index (χ4v) is 0. The van der Waals surface area contributed by atoms with Crippen molar-refractivity contribution in [2.24, 2.45) is 0 Å². The molecule has 0 aliphatic rings. The summed E-state index contributed by atoms with van der Waals surface area (Å²) < 4.78 is 0. The average Bonchev–Trinajstić information content (AvgIpc) is 0.918. The standard InChI is InChI=1S/C3H7.Pd/c1-3-2;/h1,3H2,2H3;/q-1;+2. The Labute approximate surface area is 41.2 Å². The summed E-state index contributed by atoms with van der Waals surface area (Å²) in [4.78, 5) is 0. The van der Waals surface area contributed by atoms with Crippen molar-refractivity contribution in [3.8, 4) is 0 Å². The Hall–Kier alpha value is 0.662. The zero-order chi connectivity index (χ0) is 2.71. The van der Waals surface area contributed by atoms with Gasteiger partial charge in [-0.1, -0.05) is 6.92 Å². The molecule has 0 amide bonds. The molecular formula is C3H7Pd+. The summed E-state index contributed by atoms with van der Waals surface area (Å²) in [6.45, 7) is 5.50. The van der Waals surface area contributed by atoms with Crippen LogP contribution in [0.2, 0.25) is 0 Å². The minimum absolute atomic E-state index is 0. The summed E-state index contributed by atoms with van der Waals surface area (Å²) in [5, 5.41) is 0. The molecule has 0 aliphatic carbocycles. The van der Waals surface area contributed by atoms with Crippen LogP contribution in [-0.2, 0) is 20.4 Å². The first-order valence-corrected chi connectivity index (χ1v) is 1.21. The van der Waals surface area contributed by atoms with E-state index < -0.39 is 0 Å². The largest absolute Gasteiger partial charge is 2.00 e. The van der Waals surface area contributed by atoms with E-state index in [2.05, 4.69) is 6.92 Å². The topological polar surface area (TPSA) is 0 Å². The second kappa shape index (κ2) is 9.39. The monoisotopic (exact) mass is 149 g/mol. The predicted octanol–water partition coefficient (Wildman–Crippen LogP) is 1.23. The Morgan fingerprint density at radius 1 is 1.75 bits per heavy atom. The van der Waals surface area contributed by atoms with E-state index in [1.807, 2.05) is 6.92 Å². The Kier molecular flexibility index (Phi) is 20.7. The molecular weight excluding hydrogens is 142 g/mol. The summed E-state index contributed by atoms with van der Waals surface area (Å²) >= 11 is 0. The quantitative estimate of drug-likeness (QED) is 0.359.